The number of amides is 3. The van der Waals surface area contributed by atoms with Crippen molar-refractivity contribution in [2.24, 2.45) is 5.92 Å². The van der Waals surface area contributed by atoms with Crippen LogP contribution in [-0.2, 0) is 16.1 Å². The molecule has 2 aliphatic heterocycles. The molecule has 2 heterocycles. The van der Waals surface area contributed by atoms with Crippen LogP contribution in [0, 0.1) is 5.92 Å². The molecule has 0 radical (unpaired) electrons. The molecule has 3 amide bonds. The Balaban J connectivity index is 1.33. The monoisotopic (exact) mass is 512 g/mol. The summed E-state index contributed by atoms with van der Waals surface area (Å²) in [5, 5.41) is 4.18. The fourth-order valence-electron chi connectivity index (χ4n) is 4.70. The Bertz CT molecular complexity index is 813. The third-order valence-electron chi connectivity index (χ3n) is 6.84. The standard InChI is InChI=1S/C25H38Cl2N4O3/c1-3-30(4-2)25(33)31-11-9-19(10-12-31)6-8-24(32)28-16-21-18-29(13-14-34-21)17-20-5-7-22(26)23(27)15-20/h5,7,15,19,21H,3-4,6,8-14,16-18H2,1-2H3,(H,28,32)/t21-/m0/s1. The number of nitrogens with zero attached hydrogens (tertiary/aromatic N) is 3. The first-order chi connectivity index (χ1) is 16.4. The van der Waals surface area contributed by atoms with E-state index in [-0.39, 0.29) is 18.0 Å². The van der Waals surface area contributed by atoms with Gasteiger partial charge < -0.3 is 19.9 Å². The van der Waals surface area contributed by atoms with E-state index in [0.29, 0.717) is 35.5 Å². The zero-order chi connectivity index (χ0) is 24.5. The first-order valence-corrected chi connectivity index (χ1v) is 13.2. The Kier molecular flexibility index (Phi) is 10.8. The highest BCUT2D eigenvalue weighted by Crippen LogP contribution is 2.24. The number of carbonyl (C=O) groups excluding carboxylic acids is 2. The van der Waals surface area contributed by atoms with Crippen LogP contribution in [0.2, 0.25) is 10.0 Å². The molecule has 0 aromatic heterocycles. The lowest BCUT2D eigenvalue weighted by Crippen LogP contribution is -2.47. The number of piperidine rings is 1. The van der Waals surface area contributed by atoms with Crippen LogP contribution in [0.5, 0.6) is 0 Å². The number of hydrogen-bond acceptors (Lipinski definition) is 4. The Morgan fingerprint density at radius 2 is 1.85 bits per heavy atom. The van der Waals surface area contributed by atoms with Crippen LogP contribution >= 0.6 is 23.2 Å². The fourth-order valence-corrected chi connectivity index (χ4v) is 5.02. The maximum absolute atomic E-state index is 12.5. The maximum Gasteiger partial charge on any atom is 0.319 e. The predicted octanol–water partition coefficient (Wildman–Crippen LogP) is 4.26. The van der Waals surface area contributed by atoms with Gasteiger partial charge in [0.1, 0.15) is 0 Å². The van der Waals surface area contributed by atoms with Crippen LogP contribution in [-0.4, -0.2) is 85.2 Å². The number of nitrogens with one attached hydrogen (secondary N) is 1. The normalized spacial score (nSPS) is 19.8. The molecule has 0 aliphatic carbocycles. The number of carbonyl (C=O) groups is 2. The van der Waals surface area contributed by atoms with E-state index >= 15 is 0 Å². The lowest BCUT2D eigenvalue weighted by Gasteiger charge is -2.35. The van der Waals surface area contributed by atoms with Gasteiger partial charge >= 0.3 is 6.03 Å². The molecule has 2 fully saturated rings. The molecule has 2 aliphatic rings. The summed E-state index contributed by atoms with van der Waals surface area (Å²) >= 11 is 12.1. The minimum absolute atomic E-state index is 0.0187. The lowest BCUT2D eigenvalue weighted by molar-refractivity contribution is -0.122. The van der Waals surface area contributed by atoms with E-state index in [4.69, 9.17) is 27.9 Å². The van der Waals surface area contributed by atoms with Gasteiger partial charge in [0.25, 0.3) is 0 Å². The highest BCUT2D eigenvalue weighted by Gasteiger charge is 2.26. The average molecular weight is 514 g/mol. The number of urea groups is 1. The number of benzene rings is 1. The summed E-state index contributed by atoms with van der Waals surface area (Å²) in [6, 6.07) is 5.86. The molecule has 2 saturated heterocycles. The van der Waals surface area contributed by atoms with Gasteiger partial charge in [-0.1, -0.05) is 29.3 Å². The molecule has 1 aromatic carbocycles. The van der Waals surface area contributed by atoms with E-state index in [2.05, 4.69) is 10.2 Å². The number of morpholine rings is 1. The Morgan fingerprint density at radius 1 is 1.12 bits per heavy atom. The first kappa shape index (κ1) is 27.1. The van der Waals surface area contributed by atoms with Gasteiger partial charge in [-0.05, 0) is 56.7 Å². The third-order valence-corrected chi connectivity index (χ3v) is 7.58. The van der Waals surface area contributed by atoms with E-state index in [9.17, 15) is 9.59 Å². The summed E-state index contributed by atoms with van der Waals surface area (Å²) in [6.45, 7) is 10.6. The summed E-state index contributed by atoms with van der Waals surface area (Å²) in [4.78, 5) is 31.0. The minimum atomic E-state index is -0.0187. The molecule has 0 spiro atoms. The van der Waals surface area contributed by atoms with Gasteiger partial charge in [0.15, 0.2) is 0 Å². The molecule has 0 saturated carbocycles. The van der Waals surface area contributed by atoms with Gasteiger partial charge in [-0.3, -0.25) is 9.69 Å². The summed E-state index contributed by atoms with van der Waals surface area (Å²) in [5.41, 5.74) is 1.11. The van der Waals surface area contributed by atoms with Gasteiger partial charge in [-0.25, -0.2) is 4.79 Å². The second-order valence-corrected chi connectivity index (χ2v) is 10.0. The second kappa shape index (κ2) is 13.5. The van der Waals surface area contributed by atoms with Gasteiger partial charge in [0.05, 0.1) is 22.8 Å². The summed E-state index contributed by atoms with van der Waals surface area (Å²) in [5.74, 6) is 0.575. The van der Waals surface area contributed by atoms with Crippen molar-refractivity contribution in [3.8, 4) is 0 Å². The Labute approximate surface area is 213 Å². The van der Waals surface area contributed by atoms with Crippen LogP contribution in [0.1, 0.15) is 45.1 Å². The van der Waals surface area contributed by atoms with Crippen LogP contribution in [0.25, 0.3) is 0 Å². The van der Waals surface area contributed by atoms with Crippen molar-refractivity contribution in [3.05, 3.63) is 33.8 Å². The summed E-state index contributed by atoms with van der Waals surface area (Å²) in [7, 11) is 0. The van der Waals surface area contributed by atoms with Gasteiger partial charge in [0.2, 0.25) is 5.91 Å². The smallest absolute Gasteiger partial charge is 0.319 e. The number of halogens is 2. The number of likely N-dealkylation sites (tertiary alicyclic amines) is 1. The zero-order valence-electron chi connectivity index (χ0n) is 20.4. The molecule has 9 heteroatoms. The van der Waals surface area contributed by atoms with Crippen molar-refractivity contribution < 1.29 is 14.3 Å². The molecule has 3 rings (SSSR count). The van der Waals surface area contributed by atoms with E-state index < -0.39 is 0 Å². The molecule has 7 nitrogen and oxygen atoms in total. The SMILES string of the molecule is CCN(CC)C(=O)N1CCC(CCC(=O)NC[C@H]2CN(Cc3ccc(Cl)c(Cl)c3)CCO2)CC1. The van der Waals surface area contributed by atoms with E-state index in [1.165, 1.54) is 0 Å². The van der Waals surface area contributed by atoms with Crippen LogP contribution in [0.15, 0.2) is 18.2 Å². The van der Waals surface area contributed by atoms with Crippen LogP contribution in [0.3, 0.4) is 0 Å². The predicted molar refractivity (Wildman–Crippen MR) is 136 cm³/mol. The van der Waals surface area contributed by atoms with Gasteiger partial charge in [-0.15, -0.1) is 0 Å². The first-order valence-electron chi connectivity index (χ1n) is 12.5. The third kappa shape index (κ3) is 8.01. The summed E-state index contributed by atoms with van der Waals surface area (Å²) in [6.07, 6.45) is 3.31. The van der Waals surface area contributed by atoms with Gasteiger partial charge in [0, 0.05) is 58.8 Å². The molecule has 0 bridgehead atoms. The number of ether oxygens (including phenoxy) is 1. The largest absolute Gasteiger partial charge is 0.374 e. The molecular weight excluding hydrogens is 475 g/mol. The minimum Gasteiger partial charge on any atom is -0.374 e. The number of hydrogen-bond donors (Lipinski definition) is 1. The molecular formula is C25H38Cl2N4O3. The Hall–Kier alpha value is -1.54. The van der Waals surface area contributed by atoms with Crippen molar-refractivity contribution in [2.75, 3.05) is 52.4 Å². The van der Waals surface area contributed by atoms with Gasteiger partial charge in [-0.2, -0.15) is 0 Å². The van der Waals surface area contributed by atoms with Crippen molar-refractivity contribution >= 4 is 35.1 Å². The molecule has 1 atom stereocenters. The Morgan fingerprint density at radius 3 is 2.53 bits per heavy atom. The second-order valence-electron chi connectivity index (χ2n) is 9.20. The quantitative estimate of drug-likeness (QED) is 0.536. The van der Waals surface area contributed by atoms with Crippen LogP contribution in [0.4, 0.5) is 4.79 Å². The van der Waals surface area contributed by atoms with E-state index in [0.717, 1.165) is 70.6 Å². The maximum atomic E-state index is 12.5. The summed E-state index contributed by atoms with van der Waals surface area (Å²) < 4.78 is 5.86. The molecule has 0 unspecified atom stereocenters. The van der Waals surface area contributed by atoms with Crippen LogP contribution < -0.4 is 5.32 Å². The van der Waals surface area contributed by atoms with E-state index in [1.807, 2.05) is 41.8 Å². The van der Waals surface area contributed by atoms with Crippen molar-refractivity contribution in [2.45, 2.75) is 52.2 Å². The lowest BCUT2D eigenvalue weighted by atomic mass is 9.92. The highest BCUT2D eigenvalue weighted by molar-refractivity contribution is 6.42. The molecule has 1 aromatic rings. The van der Waals surface area contributed by atoms with Crippen molar-refractivity contribution in [1.29, 1.82) is 0 Å². The molecule has 1 N–H and O–H groups in total. The topological polar surface area (TPSA) is 65.1 Å². The van der Waals surface area contributed by atoms with Crippen molar-refractivity contribution in [1.82, 2.24) is 20.0 Å². The zero-order valence-corrected chi connectivity index (χ0v) is 21.9. The van der Waals surface area contributed by atoms with Crippen molar-refractivity contribution in [3.63, 3.8) is 0 Å². The van der Waals surface area contributed by atoms with E-state index in [1.54, 1.807) is 0 Å². The fraction of sp³-hybridized carbons (Fsp3) is 0.680. The molecule has 190 valence electrons. The highest BCUT2D eigenvalue weighted by atomic mass is 35.5. The molecule has 34 heavy (non-hydrogen) atoms. The average Bonchev–Trinajstić information content (AvgIpc) is 2.85. The number of rotatable bonds is 9.